The van der Waals surface area contributed by atoms with E-state index in [-0.39, 0.29) is 23.8 Å². The van der Waals surface area contributed by atoms with Crippen LogP contribution in [0.3, 0.4) is 0 Å². The molecular weight excluding hydrogens is 477 g/mol. The van der Waals surface area contributed by atoms with E-state index in [1.807, 2.05) is 97.0 Å². The maximum Gasteiger partial charge on any atom is 0.494 e. The molecule has 0 aliphatic carbocycles. The van der Waals surface area contributed by atoms with Crippen molar-refractivity contribution in [1.82, 2.24) is 5.32 Å². The molecule has 2 aromatic rings. The van der Waals surface area contributed by atoms with Gasteiger partial charge in [0, 0.05) is 12.1 Å². The second-order valence-corrected chi connectivity index (χ2v) is 13.3. The van der Waals surface area contributed by atoms with Gasteiger partial charge in [-0.05, 0) is 89.0 Å². The molecule has 6 nitrogen and oxygen atoms in total. The summed E-state index contributed by atoms with van der Waals surface area (Å²) in [6.45, 7) is 20.2. The summed E-state index contributed by atoms with van der Waals surface area (Å²) in [4.78, 5) is 25.9. The maximum atomic E-state index is 13.1. The lowest BCUT2D eigenvalue weighted by molar-refractivity contribution is -0.159. The summed E-state index contributed by atoms with van der Waals surface area (Å²) in [5.74, 6) is -1.08. The molecule has 1 fully saturated rings. The van der Waals surface area contributed by atoms with Crippen LogP contribution in [-0.4, -0.2) is 42.3 Å². The average molecular weight is 522 g/mol. The molecule has 1 saturated heterocycles. The van der Waals surface area contributed by atoms with Crippen LogP contribution in [-0.2, 0) is 30.7 Å². The lowest BCUT2D eigenvalue weighted by atomic mass is 9.78. The van der Waals surface area contributed by atoms with Crippen molar-refractivity contribution < 1.29 is 23.6 Å². The Hall–Kier alpha value is -2.64. The van der Waals surface area contributed by atoms with Gasteiger partial charge in [0.25, 0.3) is 5.91 Å². The molecule has 7 heteroatoms. The van der Waals surface area contributed by atoms with Crippen LogP contribution in [0.4, 0.5) is 0 Å². The van der Waals surface area contributed by atoms with Crippen LogP contribution >= 0.6 is 0 Å². The first-order valence-electron chi connectivity index (χ1n) is 13.4. The van der Waals surface area contributed by atoms with Gasteiger partial charge >= 0.3 is 13.1 Å². The van der Waals surface area contributed by atoms with Gasteiger partial charge in [0.05, 0.1) is 17.1 Å². The molecular formula is C31H44BNO5. The Bertz CT molecular complexity index is 1110. The largest absolute Gasteiger partial charge is 0.494 e. The molecule has 0 spiro atoms. The number of esters is 1. The number of rotatable bonds is 7. The number of carbonyl (C=O) groups is 2. The van der Waals surface area contributed by atoms with Crippen molar-refractivity contribution in [1.29, 1.82) is 0 Å². The number of carbonyl (C=O) groups excluding carboxylic acids is 2. The van der Waals surface area contributed by atoms with Crippen molar-refractivity contribution in [2.24, 2.45) is 5.92 Å². The summed E-state index contributed by atoms with van der Waals surface area (Å²) in [5, 5.41) is 2.94. The third kappa shape index (κ3) is 7.48. The van der Waals surface area contributed by atoms with E-state index in [1.165, 1.54) is 0 Å². The number of nitrogens with one attached hydrogen (secondary N) is 1. The van der Waals surface area contributed by atoms with Crippen LogP contribution in [0.15, 0.2) is 48.5 Å². The zero-order valence-corrected chi connectivity index (χ0v) is 24.7. The summed E-state index contributed by atoms with van der Waals surface area (Å²) in [6.07, 6.45) is 0.432. The molecule has 0 saturated carbocycles. The molecule has 1 aliphatic heterocycles. The number of ether oxygens (including phenoxy) is 1. The minimum absolute atomic E-state index is 0.00872. The van der Waals surface area contributed by atoms with Gasteiger partial charge in [0.15, 0.2) is 0 Å². The van der Waals surface area contributed by atoms with Crippen LogP contribution in [0.1, 0.15) is 90.7 Å². The molecule has 38 heavy (non-hydrogen) atoms. The Balaban J connectivity index is 1.70. The van der Waals surface area contributed by atoms with E-state index in [0.29, 0.717) is 12.0 Å². The zero-order valence-electron chi connectivity index (χ0n) is 24.7. The smallest absolute Gasteiger partial charge is 0.460 e. The van der Waals surface area contributed by atoms with E-state index < -0.39 is 29.8 Å². The zero-order chi connectivity index (χ0) is 28.5. The Kier molecular flexibility index (Phi) is 8.55. The summed E-state index contributed by atoms with van der Waals surface area (Å²) >= 11 is 0. The monoisotopic (exact) mass is 521 g/mol. The first-order valence-corrected chi connectivity index (χ1v) is 13.4. The minimum Gasteiger partial charge on any atom is -0.460 e. The number of amides is 1. The first kappa shape index (κ1) is 29.9. The van der Waals surface area contributed by atoms with Crippen molar-refractivity contribution in [3.8, 4) is 0 Å². The van der Waals surface area contributed by atoms with Crippen LogP contribution in [0, 0.1) is 5.92 Å². The summed E-state index contributed by atoms with van der Waals surface area (Å²) in [7, 11) is -0.445. The Morgan fingerprint density at radius 1 is 0.868 bits per heavy atom. The third-order valence-corrected chi connectivity index (χ3v) is 7.25. The SMILES string of the molecule is CC(C)(C)OC(=O)C(CNC(=O)c1ccc(C(C)(C)C)cc1)Cc1ccc(B2OC(C)(C)C(C)(C)O2)cc1. The Morgan fingerprint density at radius 2 is 1.39 bits per heavy atom. The highest BCUT2D eigenvalue weighted by Gasteiger charge is 2.51. The normalized spacial score (nSPS) is 17.7. The van der Waals surface area contributed by atoms with Gasteiger partial charge in [-0.3, -0.25) is 9.59 Å². The molecule has 1 unspecified atom stereocenters. The molecule has 206 valence electrons. The van der Waals surface area contributed by atoms with E-state index in [4.69, 9.17) is 14.0 Å². The fourth-order valence-corrected chi connectivity index (χ4v) is 4.14. The highest BCUT2D eigenvalue weighted by molar-refractivity contribution is 6.62. The maximum absolute atomic E-state index is 13.1. The molecule has 1 amide bonds. The molecule has 2 aromatic carbocycles. The van der Waals surface area contributed by atoms with Gasteiger partial charge in [0.2, 0.25) is 0 Å². The molecule has 1 N–H and O–H groups in total. The van der Waals surface area contributed by atoms with Gasteiger partial charge in [-0.15, -0.1) is 0 Å². The van der Waals surface area contributed by atoms with Gasteiger partial charge in [0.1, 0.15) is 5.60 Å². The van der Waals surface area contributed by atoms with Crippen LogP contribution in [0.2, 0.25) is 0 Å². The van der Waals surface area contributed by atoms with Gasteiger partial charge in [-0.2, -0.15) is 0 Å². The highest BCUT2D eigenvalue weighted by atomic mass is 16.7. The second kappa shape index (κ2) is 10.9. The fraction of sp³-hybridized carbons (Fsp3) is 0.548. The van der Waals surface area contributed by atoms with Gasteiger partial charge in [-0.25, -0.2) is 0 Å². The topological polar surface area (TPSA) is 73.9 Å². The second-order valence-electron chi connectivity index (χ2n) is 13.3. The van der Waals surface area contributed by atoms with Crippen molar-refractivity contribution in [2.75, 3.05) is 6.54 Å². The lowest BCUT2D eigenvalue weighted by Gasteiger charge is -2.32. The van der Waals surface area contributed by atoms with Gasteiger partial charge < -0.3 is 19.4 Å². The van der Waals surface area contributed by atoms with E-state index in [1.54, 1.807) is 0 Å². The predicted molar refractivity (Wildman–Crippen MR) is 153 cm³/mol. The third-order valence-electron chi connectivity index (χ3n) is 7.25. The van der Waals surface area contributed by atoms with Crippen molar-refractivity contribution in [3.63, 3.8) is 0 Å². The number of hydrogen-bond acceptors (Lipinski definition) is 5. The number of hydrogen-bond donors (Lipinski definition) is 1. The van der Waals surface area contributed by atoms with E-state index in [9.17, 15) is 9.59 Å². The molecule has 0 aromatic heterocycles. The lowest BCUT2D eigenvalue weighted by Crippen LogP contribution is -2.41. The van der Waals surface area contributed by atoms with Crippen molar-refractivity contribution >= 4 is 24.5 Å². The Morgan fingerprint density at radius 3 is 1.87 bits per heavy atom. The fourth-order valence-electron chi connectivity index (χ4n) is 4.14. The first-order chi connectivity index (χ1) is 17.4. The molecule has 1 aliphatic rings. The minimum atomic E-state index is -0.622. The van der Waals surface area contributed by atoms with Crippen molar-refractivity contribution in [3.05, 3.63) is 65.2 Å². The molecule has 1 heterocycles. The van der Waals surface area contributed by atoms with Crippen LogP contribution in [0.25, 0.3) is 0 Å². The van der Waals surface area contributed by atoms with E-state index in [2.05, 4.69) is 26.1 Å². The van der Waals surface area contributed by atoms with Crippen LogP contribution in [0.5, 0.6) is 0 Å². The quantitative estimate of drug-likeness (QED) is 0.400. The molecule has 3 rings (SSSR count). The summed E-state index contributed by atoms with van der Waals surface area (Å²) in [5.41, 5.74) is 2.17. The summed E-state index contributed by atoms with van der Waals surface area (Å²) < 4.78 is 18.0. The van der Waals surface area contributed by atoms with Crippen LogP contribution < -0.4 is 10.8 Å². The molecule has 0 radical (unpaired) electrons. The van der Waals surface area contributed by atoms with E-state index in [0.717, 1.165) is 16.6 Å². The predicted octanol–water partition coefficient (Wildman–Crippen LogP) is 5.21. The molecule has 0 bridgehead atoms. The summed E-state index contributed by atoms with van der Waals surface area (Å²) in [6, 6.07) is 15.5. The van der Waals surface area contributed by atoms with Gasteiger partial charge in [-0.1, -0.05) is 57.2 Å². The Labute approximate surface area is 229 Å². The molecule has 1 atom stereocenters. The van der Waals surface area contributed by atoms with Crippen molar-refractivity contribution in [2.45, 2.75) is 97.9 Å². The van der Waals surface area contributed by atoms with E-state index >= 15 is 0 Å². The standard InChI is InChI=1S/C31H44BNO5/c1-28(2,3)24-15-13-22(14-16-24)26(34)33-20-23(27(35)36-29(4,5)6)19-21-11-17-25(18-12-21)32-37-30(7,8)31(9,10)38-32/h11-18,23H,19-20H2,1-10H3,(H,33,34). The average Bonchev–Trinajstić information content (AvgIpc) is 3.01. The highest BCUT2D eigenvalue weighted by Crippen LogP contribution is 2.36. The number of benzene rings is 2.